The third-order valence-corrected chi connectivity index (χ3v) is 7.90. The third-order valence-electron chi connectivity index (χ3n) is 7.00. The van der Waals surface area contributed by atoms with Crippen molar-refractivity contribution in [3.8, 4) is 0 Å². The summed E-state index contributed by atoms with van der Waals surface area (Å²) in [6, 6.07) is 6.90. The lowest BCUT2D eigenvalue weighted by Crippen LogP contribution is -2.55. The van der Waals surface area contributed by atoms with Gasteiger partial charge < -0.3 is 30.7 Å². The van der Waals surface area contributed by atoms with Gasteiger partial charge in [-0.1, -0.05) is 56.2 Å². The highest BCUT2D eigenvalue weighted by atomic mass is 32.2. The molecule has 1 saturated heterocycles. The van der Waals surface area contributed by atoms with Crippen LogP contribution in [0.3, 0.4) is 0 Å². The van der Waals surface area contributed by atoms with Gasteiger partial charge in [-0.25, -0.2) is 9.52 Å². The van der Waals surface area contributed by atoms with E-state index in [0.29, 0.717) is 12.0 Å². The average molecular weight is 614 g/mol. The molecule has 6 N–H and O–H groups in total. The van der Waals surface area contributed by atoms with Crippen molar-refractivity contribution < 1.29 is 46.7 Å². The van der Waals surface area contributed by atoms with Gasteiger partial charge in [-0.05, 0) is 38.2 Å². The summed E-state index contributed by atoms with van der Waals surface area (Å²) < 4.78 is 42.4. The minimum Gasteiger partial charge on any atom is -0.463 e. The van der Waals surface area contributed by atoms with Crippen molar-refractivity contribution in [2.45, 2.75) is 77.4 Å². The Hall–Kier alpha value is -2.88. The zero-order valence-corrected chi connectivity index (χ0v) is 25.2. The molecule has 42 heavy (non-hydrogen) atoms. The monoisotopic (exact) mass is 613 g/mol. The molecular formula is C28H43N3O10S. The van der Waals surface area contributed by atoms with E-state index in [1.165, 1.54) is 6.08 Å². The maximum atomic E-state index is 12.9. The second kappa shape index (κ2) is 16.7. The quantitative estimate of drug-likeness (QED) is 0.133. The van der Waals surface area contributed by atoms with E-state index in [1.54, 1.807) is 27.7 Å². The van der Waals surface area contributed by atoms with Gasteiger partial charge in [0.1, 0.15) is 12.1 Å². The van der Waals surface area contributed by atoms with Crippen LogP contribution in [0.5, 0.6) is 0 Å². The van der Waals surface area contributed by atoms with Crippen LogP contribution in [0.15, 0.2) is 42.0 Å². The number of nitrogens with two attached hydrogens (primary N) is 1. The van der Waals surface area contributed by atoms with Crippen molar-refractivity contribution in [1.29, 1.82) is 0 Å². The zero-order chi connectivity index (χ0) is 31.4. The molecule has 0 bridgehead atoms. The topological polar surface area (TPSA) is 204 Å². The number of benzene rings is 1. The van der Waals surface area contributed by atoms with Crippen molar-refractivity contribution in [3.63, 3.8) is 0 Å². The van der Waals surface area contributed by atoms with E-state index in [9.17, 15) is 33.0 Å². The molecule has 1 aliphatic heterocycles. The summed E-state index contributed by atoms with van der Waals surface area (Å²) in [5.41, 5.74) is 7.42. The van der Waals surface area contributed by atoms with E-state index in [4.69, 9.17) is 19.4 Å². The highest BCUT2D eigenvalue weighted by Crippen LogP contribution is 2.25. The summed E-state index contributed by atoms with van der Waals surface area (Å²) in [7, 11) is -4.65. The van der Waals surface area contributed by atoms with Gasteiger partial charge in [0, 0.05) is 12.0 Å². The molecule has 0 aromatic heterocycles. The first-order valence-corrected chi connectivity index (χ1v) is 15.3. The standard InChI is InChI=1S/C28H43N3O10S/c1-5-18(4)24(30-27(35)21(29)14-19-10-8-7-9-11-19)28(36)31-42(37,38)41-16-20-15-40-22(26(34)25(20)33)12-17(3)13-23(32)39-6-2/h7-11,13,18,20-22,24-26,33-34H,5-6,12,14-16,29H2,1-4H3,(H,30,35)(H,31,36)/b17-13+/t18-,20+,21-,22-,24-,25+,26-/m0/s1. The van der Waals surface area contributed by atoms with E-state index in [-0.39, 0.29) is 26.1 Å². The number of esters is 1. The number of nitrogens with one attached hydrogen (secondary N) is 2. The lowest BCUT2D eigenvalue weighted by atomic mass is 9.90. The van der Waals surface area contributed by atoms with E-state index >= 15 is 0 Å². The van der Waals surface area contributed by atoms with E-state index in [2.05, 4.69) is 5.32 Å². The van der Waals surface area contributed by atoms with Crippen LogP contribution < -0.4 is 15.8 Å². The Kier molecular flexibility index (Phi) is 14.0. The van der Waals surface area contributed by atoms with Crippen LogP contribution in [0, 0.1) is 11.8 Å². The normalized spacial score (nSPS) is 23.4. The van der Waals surface area contributed by atoms with Crippen LogP contribution in [0.2, 0.25) is 0 Å². The summed E-state index contributed by atoms with van der Waals surface area (Å²) in [4.78, 5) is 37.3. The van der Waals surface area contributed by atoms with Gasteiger partial charge >= 0.3 is 16.3 Å². The Balaban J connectivity index is 1.94. The number of aliphatic hydroxyl groups excluding tert-OH is 2. The summed E-state index contributed by atoms with van der Waals surface area (Å²) in [6.45, 7) is 6.25. The molecule has 14 heteroatoms. The van der Waals surface area contributed by atoms with Gasteiger partial charge in [0.15, 0.2) is 0 Å². The van der Waals surface area contributed by atoms with Crippen LogP contribution >= 0.6 is 0 Å². The molecule has 1 fully saturated rings. The fourth-order valence-electron chi connectivity index (χ4n) is 4.35. The van der Waals surface area contributed by atoms with Crippen molar-refractivity contribution in [3.05, 3.63) is 47.5 Å². The van der Waals surface area contributed by atoms with Crippen molar-refractivity contribution in [1.82, 2.24) is 10.0 Å². The van der Waals surface area contributed by atoms with Crippen molar-refractivity contribution >= 4 is 28.1 Å². The number of hydrogen-bond donors (Lipinski definition) is 5. The second-order valence-corrected chi connectivity index (χ2v) is 11.8. The molecule has 0 unspecified atom stereocenters. The van der Waals surface area contributed by atoms with Gasteiger partial charge in [0.2, 0.25) is 5.91 Å². The molecule has 0 radical (unpaired) electrons. The first-order chi connectivity index (χ1) is 19.8. The molecule has 2 amide bonds. The van der Waals surface area contributed by atoms with Crippen LogP contribution in [0.25, 0.3) is 0 Å². The van der Waals surface area contributed by atoms with Gasteiger partial charge in [-0.15, -0.1) is 0 Å². The Morgan fingerprint density at radius 1 is 1.14 bits per heavy atom. The molecule has 236 valence electrons. The van der Waals surface area contributed by atoms with Gasteiger partial charge in [-0.3, -0.25) is 13.8 Å². The van der Waals surface area contributed by atoms with Gasteiger partial charge in [0.05, 0.1) is 38.1 Å². The number of carbonyl (C=O) groups excluding carboxylic acids is 3. The number of carbonyl (C=O) groups is 3. The number of ether oxygens (including phenoxy) is 2. The van der Waals surface area contributed by atoms with Gasteiger partial charge in [0.25, 0.3) is 5.91 Å². The average Bonchev–Trinajstić information content (AvgIpc) is 2.93. The lowest BCUT2D eigenvalue weighted by Gasteiger charge is -2.37. The summed E-state index contributed by atoms with van der Waals surface area (Å²) in [6.07, 6.45) is -1.55. The Morgan fingerprint density at radius 2 is 1.81 bits per heavy atom. The molecule has 0 spiro atoms. The minimum absolute atomic E-state index is 0.136. The third kappa shape index (κ3) is 11.1. The SMILES string of the molecule is CCOC(=O)/C=C(\C)C[C@@H]1OC[C@H](COS(=O)(=O)NC(=O)[C@@H](NC(=O)[C@@H](N)Cc2ccccc2)[C@@H](C)CC)[C@@H](O)[C@H]1O. The smallest absolute Gasteiger partial charge is 0.362 e. The maximum absolute atomic E-state index is 12.9. The summed E-state index contributed by atoms with van der Waals surface area (Å²) in [5, 5.41) is 23.6. The predicted molar refractivity (Wildman–Crippen MR) is 153 cm³/mol. The van der Waals surface area contributed by atoms with Crippen molar-refractivity contribution in [2.75, 3.05) is 19.8 Å². The molecule has 0 saturated carbocycles. The zero-order valence-electron chi connectivity index (χ0n) is 24.4. The van der Waals surface area contributed by atoms with Crippen LogP contribution in [-0.2, 0) is 44.8 Å². The Bertz CT molecular complexity index is 1180. The van der Waals surface area contributed by atoms with E-state index in [0.717, 1.165) is 5.56 Å². The Labute approximate surface area is 247 Å². The second-order valence-electron chi connectivity index (χ2n) is 10.4. The fraction of sp³-hybridized carbons (Fsp3) is 0.607. The first kappa shape index (κ1) is 35.3. The van der Waals surface area contributed by atoms with Crippen LogP contribution in [0.1, 0.15) is 46.1 Å². The first-order valence-electron chi connectivity index (χ1n) is 13.9. The van der Waals surface area contributed by atoms with Crippen LogP contribution in [-0.4, -0.2) is 86.6 Å². The summed E-state index contributed by atoms with van der Waals surface area (Å²) in [5.74, 6) is -3.53. The predicted octanol–water partition coefficient (Wildman–Crippen LogP) is 0.101. The molecule has 7 atom stereocenters. The maximum Gasteiger partial charge on any atom is 0.362 e. The molecular weight excluding hydrogens is 570 g/mol. The minimum atomic E-state index is -4.65. The molecule has 1 aromatic carbocycles. The Morgan fingerprint density at radius 3 is 2.43 bits per heavy atom. The number of aliphatic hydroxyl groups is 2. The largest absolute Gasteiger partial charge is 0.463 e. The molecule has 1 heterocycles. The van der Waals surface area contributed by atoms with Gasteiger partial charge in [-0.2, -0.15) is 8.42 Å². The lowest BCUT2D eigenvalue weighted by molar-refractivity contribution is -0.168. The molecule has 0 aliphatic carbocycles. The number of amides is 2. The molecule has 2 rings (SSSR count). The molecule has 1 aliphatic rings. The van der Waals surface area contributed by atoms with Crippen molar-refractivity contribution in [2.24, 2.45) is 17.6 Å². The van der Waals surface area contributed by atoms with E-state index < -0.39 is 76.9 Å². The molecule has 1 aromatic rings. The number of hydrogen-bond acceptors (Lipinski definition) is 11. The highest BCUT2D eigenvalue weighted by Gasteiger charge is 2.39. The fourth-order valence-corrected chi connectivity index (χ4v) is 5.13. The summed E-state index contributed by atoms with van der Waals surface area (Å²) >= 11 is 0. The number of rotatable bonds is 15. The van der Waals surface area contributed by atoms with E-state index in [1.807, 2.05) is 35.1 Å². The molecule has 13 nitrogen and oxygen atoms in total. The highest BCUT2D eigenvalue weighted by molar-refractivity contribution is 7.85. The van der Waals surface area contributed by atoms with Crippen LogP contribution in [0.4, 0.5) is 0 Å².